The summed E-state index contributed by atoms with van der Waals surface area (Å²) >= 11 is 0. The van der Waals surface area contributed by atoms with Gasteiger partial charge in [-0.2, -0.15) is 0 Å². The predicted octanol–water partition coefficient (Wildman–Crippen LogP) is 2.75. The second-order valence-corrected chi connectivity index (χ2v) is 5.72. The van der Waals surface area contributed by atoms with Crippen molar-refractivity contribution in [1.29, 1.82) is 0 Å². The van der Waals surface area contributed by atoms with Gasteiger partial charge in [-0.25, -0.2) is 4.39 Å². The Morgan fingerprint density at radius 1 is 1.35 bits per heavy atom. The Morgan fingerprint density at radius 3 is 2.55 bits per heavy atom. The van der Waals surface area contributed by atoms with Crippen LogP contribution < -0.4 is 0 Å². The van der Waals surface area contributed by atoms with Gasteiger partial charge >= 0.3 is 0 Å². The Bertz CT molecular complexity index is 467. The number of carbonyl (C=O) groups is 1. The van der Waals surface area contributed by atoms with Crippen LogP contribution in [0.2, 0.25) is 0 Å². The number of carbonyl (C=O) groups excluding carboxylic acids is 1. The zero-order valence-corrected chi connectivity index (χ0v) is 12.3. The highest BCUT2D eigenvalue weighted by molar-refractivity contribution is 5.98. The highest BCUT2D eigenvalue weighted by atomic mass is 19.1. The van der Waals surface area contributed by atoms with Crippen molar-refractivity contribution >= 4 is 5.78 Å². The summed E-state index contributed by atoms with van der Waals surface area (Å²) in [6.07, 6.45) is 0.351. The van der Waals surface area contributed by atoms with Crippen molar-refractivity contribution in [3.05, 3.63) is 35.6 Å². The molecule has 0 saturated carbocycles. The fraction of sp³-hybridized carbons (Fsp3) is 0.562. The van der Waals surface area contributed by atoms with Crippen LogP contribution in [0.15, 0.2) is 24.3 Å². The van der Waals surface area contributed by atoms with E-state index >= 15 is 0 Å². The number of halogens is 1. The number of ether oxygens (including phenoxy) is 1. The third kappa shape index (κ3) is 3.64. The number of hydrogen-bond donors (Lipinski definition) is 0. The molecule has 3 nitrogen and oxygen atoms in total. The average Bonchev–Trinajstić information content (AvgIpc) is 2.37. The summed E-state index contributed by atoms with van der Waals surface area (Å²) < 4.78 is 19.3. The fourth-order valence-electron chi connectivity index (χ4n) is 2.83. The molecule has 1 aromatic carbocycles. The summed E-state index contributed by atoms with van der Waals surface area (Å²) in [7, 11) is 0. The number of morpholine rings is 1. The minimum atomic E-state index is -0.437. The van der Waals surface area contributed by atoms with Gasteiger partial charge in [0.05, 0.1) is 17.8 Å². The Labute approximate surface area is 119 Å². The number of benzene rings is 1. The molecule has 0 radical (unpaired) electrons. The zero-order valence-electron chi connectivity index (χ0n) is 12.3. The standard InChI is InChI=1S/C16H22FNO2/c1-11(8-18-9-12(2)20-13(3)10-18)16(19)14-6-4-5-7-15(14)17/h4-7,11-13H,8-10H2,1-3H3/t11?,12-,13+. The van der Waals surface area contributed by atoms with Gasteiger partial charge in [0, 0.05) is 25.6 Å². The molecule has 1 aromatic rings. The third-order valence-corrected chi connectivity index (χ3v) is 3.61. The third-order valence-electron chi connectivity index (χ3n) is 3.61. The molecular weight excluding hydrogens is 257 g/mol. The van der Waals surface area contributed by atoms with Crippen LogP contribution in [0.5, 0.6) is 0 Å². The smallest absolute Gasteiger partial charge is 0.169 e. The highest BCUT2D eigenvalue weighted by Gasteiger charge is 2.26. The Balaban J connectivity index is 1.99. The lowest BCUT2D eigenvalue weighted by atomic mass is 9.98. The molecule has 0 amide bonds. The lowest BCUT2D eigenvalue weighted by Crippen LogP contribution is -2.47. The Kier molecular flexibility index (Phi) is 4.89. The molecule has 0 N–H and O–H groups in total. The summed E-state index contributed by atoms with van der Waals surface area (Å²) in [5.41, 5.74) is 0.189. The van der Waals surface area contributed by atoms with Gasteiger partial charge in [-0.1, -0.05) is 19.1 Å². The van der Waals surface area contributed by atoms with Crippen LogP contribution in [0.1, 0.15) is 31.1 Å². The maximum absolute atomic E-state index is 13.6. The molecule has 3 atom stereocenters. The number of hydrogen-bond acceptors (Lipinski definition) is 3. The molecule has 0 aromatic heterocycles. The van der Waals surface area contributed by atoms with Crippen molar-refractivity contribution in [2.75, 3.05) is 19.6 Å². The summed E-state index contributed by atoms with van der Waals surface area (Å²) in [6, 6.07) is 6.18. The van der Waals surface area contributed by atoms with Gasteiger partial charge in [-0.3, -0.25) is 9.69 Å². The number of Topliss-reactive ketones (excluding diaryl/α,β-unsaturated/α-hetero) is 1. The van der Waals surface area contributed by atoms with Crippen LogP contribution in [0.25, 0.3) is 0 Å². The maximum Gasteiger partial charge on any atom is 0.169 e. The highest BCUT2D eigenvalue weighted by Crippen LogP contribution is 2.17. The van der Waals surface area contributed by atoms with Crippen molar-refractivity contribution in [2.45, 2.75) is 33.0 Å². The van der Waals surface area contributed by atoms with E-state index in [9.17, 15) is 9.18 Å². The topological polar surface area (TPSA) is 29.5 Å². The monoisotopic (exact) mass is 279 g/mol. The van der Waals surface area contributed by atoms with Crippen LogP contribution in [-0.2, 0) is 4.74 Å². The predicted molar refractivity (Wildman–Crippen MR) is 76.3 cm³/mol. The Hall–Kier alpha value is -1.26. The molecule has 20 heavy (non-hydrogen) atoms. The summed E-state index contributed by atoms with van der Waals surface area (Å²) in [5.74, 6) is -0.785. The molecule has 1 unspecified atom stereocenters. The SMILES string of the molecule is CC(CN1C[C@@H](C)O[C@@H](C)C1)C(=O)c1ccccc1F. The molecule has 2 rings (SSSR count). The van der Waals surface area contributed by atoms with Crippen molar-refractivity contribution in [2.24, 2.45) is 5.92 Å². The van der Waals surface area contributed by atoms with E-state index in [4.69, 9.17) is 4.74 Å². The lowest BCUT2D eigenvalue weighted by Gasteiger charge is -2.36. The van der Waals surface area contributed by atoms with E-state index in [1.54, 1.807) is 18.2 Å². The fourth-order valence-corrected chi connectivity index (χ4v) is 2.83. The second-order valence-electron chi connectivity index (χ2n) is 5.72. The van der Waals surface area contributed by atoms with Crippen LogP contribution in [0.3, 0.4) is 0 Å². The number of rotatable bonds is 4. The van der Waals surface area contributed by atoms with Crippen molar-refractivity contribution in [3.63, 3.8) is 0 Å². The van der Waals surface area contributed by atoms with Crippen molar-refractivity contribution in [3.8, 4) is 0 Å². The molecule has 1 aliphatic heterocycles. The molecular formula is C16H22FNO2. The minimum absolute atomic E-state index is 0.130. The first-order valence-electron chi connectivity index (χ1n) is 7.14. The van der Waals surface area contributed by atoms with Gasteiger partial charge in [-0.05, 0) is 26.0 Å². The number of nitrogens with zero attached hydrogens (tertiary/aromatic N) is 1. The molecule has 0 aliphatic carbocycles. The second kappa shape index (κ2) is 6.46. The molecule has 4 heteroatoms. The van der Waals surface area contributed by atoms with Gasteiger partial charge in [0.25, 0.3) is 0 Å². The van der Waals surface area contributed by atoms with E-state index in [0.29, 0.717) is 6.54 Å². The summed E-state index contributed by atoms with van der Waals surface area (Å²) in [4.78, 5) is 14.5. The van der Waals surface area contributed by atoms with Crippen molar-refractivity contribution in [1.82, 2.24) is 4.90 Å². The maximum atomic E-state index is 13.6. The van der Waals surface area contributed by atoms with Gasteiger partial charge in [0.1, 0.15) is 5.82 Å². The lowest BCUT2D eigenvalue weighted by molar-refractivity contribution is -0.0700. The molecule has 1 saturated heterocycles. The minimum Gasteiger partial charge on any atom is -0.373 e. The van der Waals surface area contributed by atoms with Crippen molar-refractivity contribution < 1.29 is 13.9 Å². The quantitative estimate of drug-likeness (QED) is 0.794. The molecule has 0 spiro atoms. The van der Waals surface area contributed by atoms with E-state index in [1.807, 2.05) is 20.8 Å². The molecule has 1 heterocycles. The summed E-state index contributed by atoms with van der Waals surface area (Å²) in [5, 5.41) is 0. The molecule has 1 aliphatic rings. The van der Waals surface area contributed by atoms with Crippen LogP contribution in [0.4, 0.5) is 4.39 Å². The van der Waals surface area contributed by atoms with E-state index in [0.717, 1.165) is 13.1 Å². The first kappa shape index (κ1) is 15.1. The van der Waals surface area contributed by atoms with Crippen LogP contribution in [0, 0.1) is 11.7 Å². The number of ketones is 1. The van der Waals surface area contributed by atoms with E-state index < -0.39 is 5.82 Å². The Morgan fingerprint density at radius 2 is 1.95 bits per heavy atom. The largest absolute Gasteiger partial charge is 0.373 e. The first-order valence-corrected chi connectivity index (χ1v) is 7.14. The average molecular weight is 279 g/mol. The van der Waals surface area contributed by atoms with Gasteiger partial charge < -0.3 is 4.74 Å². The zero-order chi connectivity index (χ0) is 14.7. The first-order chi connectivity index (χ1) is 9.47. The van der Waals surface area contributed by atoms with Gasteiger partial charge in [0.2, 0.25) is 0 Å². The van der Waals surface area contributed by atoms with Gasteiger partial charge in [-0.15, -0.1) is 0 Å². The van der Waals surface area contributed by atoms with E-state index in [-0.39, 0.29) is 29.5 Å². The normalized spacial score (nSPS) is 25.4. The van der Waals surface area contributed by atoms with Crippen LogP contribution in [-0.4, -0.2) is 42.5 Å². The van der Waals surface area contributed by atoms with Crippen LogP contribution >= 0.6 is 0 Å². The molecule has 110 valence electrons. The summed E-state index contributed by atoms with van der Waals surface area (Å²) in [6.45, 7) is 8.21. The molecule has 1 fully saturated rings. The van der Waals surface area contributed by atoms with E-state index in [1.165, 1.54) is 6.07 Å². The van der Waals surface area contributed by atoms with Gasteiger partial charge in [0.15, 0.2) is 5.78 Å². The molecule has 0 bridgehead atoms. The van der Waals surface area contributed by atoms with E-state index in [2.05, 4.69) is 4.90 Å².